The Morgan fingerprint density at radius 1 is 1.82 bits per heavy atom. The summed E-state index contributed by atoms with van der Waals surface area (Å²) in [5.41, 5.74) is 7.68. The van der Waals surface area contributed by atoms with Crippen LogP contribution in [0.4, 0.5) is 0 Å². The van der Waals surface area contributed by atoms with Crippen molar-refractivity contribution in [3.63, 3.8) is 0 Å². The first-order valence-electron chi connectivity index (χ1n) is 3.16. The van der Waals surface area contributed by atoms with Gasteiger partial charge in [0.25, 0.3) is 0 Å². The molecule has 3 N–H and O–H groups in total. The number of carbonyl (C=O) groups is 1. The average molecular weight is 171 g/mol. The Kier molecular flexibility index (Phi) is 3.00. The van der Waals surface area contributed by atoms with Gasteiger partial charge in [0.05, 0.1) is 24.3 Å². The Hall–Kier alpha value is -0.940. The molecular weight excluding hydrogens is 162 g/mol. The molecule has 0 aliphatic carbocycles. The van der Waals surface area contributed by atoms with E-state index in [4.69, 9.17) is 5.73 Å². The maximum absolute atomic E-state index is 10.6. The fourth-order valence-electron chi connectivity index (χ4n) is 0.586. The second-order valence-corrected chi connectivity index (χ2v) is 2.68. The van der Waals surface area contributed by atoms with Crippen LogP contribution in [0, 0.1) is 0 Å². The highest BCUT2D eigenvalue weighted by molar-refractivity contribution is 7.07. The summed E-state index contributed by atoms with van der Waals surface area (Å²) >= 11 is 1.51. The van der Waals surface area contributed by atoms with Gasteiger partial charge in [-0.2, -0.15) is 0 Å². The number of amides is 1. The van der Waals surface area contributed by atoms with Crippen LogP contribution in [0.3, 0.4) is 0 Å². The van der Waals surface area contributed by atoms with E-state index in [-0.39, 0.29) is 12.5 Å². The van der Waals surface area contributed by atoms with E-state index in [1.54, 1.807) is 5.51 Å². The Labute approximate surface area is 68.4 Å². The number of hydrogen-bond donors (Lipinski definition) is 2. The second-order valence-electron chi connectivity index (χ2n) is 1.96. The van der Waals surface area contributed by atoms with Gasteiger partial charge < -0.3 is 11.1 Å². The highest BCUT2D eigenvalue weighted by Crippen LogP contribution is 1.99. The molecule has 1 rings (SSSR count). The van der Waals surface area contributed by atoms with Gasteiger partial charge >= 0.3 is 0 Å². The molecule has 0 bridgehead atoms. The smallest absolute Gasteiger partial charge is 0.234 e. The zero-order valence-corrected chi connectivity index (χ0v) is 6.73. The van der Waals surface area contributed by atoms with Crippen LogP contribution >= 0.6 is 11.3 Å². The minimum atomic E-state index is -0.155. The first kappa shape index (κ1) is 8.16. The van der Waals surface area contributed by atoms with Crippen LogP contribution in [-0.4, -0.2) is 17.4 Å². The Bertz CT molecular complexity index is 222. The number of hydrogen-bond acceptors (Lipinski definition) is 4. The number of rotatable bonds is 3. The number of nitrogens with two attached hydrogens (primary N) is 1. The summed E-state index contributed by atoms with van der Waals surface area (Å²) in [4.78, 5) is 14.6. The lowest BCUT2D eigenvalue weighted by molar-refractivity contribution is -0.119. The third-order valence-corrected chi connectivity index (χ3v) is 1.77. The van der Waals surface area contributed by atoms with Gasteiger partial charge in [0, 0.05) is 5.38 Å². The summed E-state index contributed by atoms with van der Waals surface area (Å²) in [5.74, 6) is -0.155. The van der Waals surface area contributed by atoms with Crippen LogP contribution in [0.5, 0.6) is 0 Å². The lowest BCUT2D eigenvalue weighted by Gasteiger charge is -1.98. The standard InChI is InChI=1S/C6H9N3OS/c7-1-6(10)8-2-5-3-11-4-9-5/h3-4H,1-2,7H2,(H,8,10). The lowest BCUT2D eigenvalue weighted by atomic mass is 10.4. The molecule has 0 atom stereocenters. The van der Waals surface area contributed by atoms with Crippen LogP contribution in [0.2, 0.25) is 0 Å². The number of thiazole rings is 1. The number of aromatic nitrogens is 1. The molecule has 0 fully saturated rings. The molecule has 0 aromatic carbocycles. The molecule has 1 heterocycles. The van der Waals surface area contributed by atoms with Gasteiger partial charge in [0.1, 0.15) is 0 Å². The molecule has 5 heteroatoms. The largest absolute Gasteiger partial charge is 0.349 e. The molecule has 1 aromatic rings. The van der Waals surface area contributed by atoms with Crippen molar-refractivity contribution in [3.8, 4) is 0 Å². The van der Waals surface area contributed by atoms with E-state index in [0.29, 0.717) is 6.54 Å². The molecule has 4 nitrogen and oxygen atoms in total. The molecule has 0 aliphatic rings. The van der Waals surface area contributed by atoms with Crippen molar-refractivity contribution >= 4 is 17.2 Å². The molecule has 1 aromatic heterocycles. The predicted molar refractivity (Wildman–Crippen MR) is 43.0 cm³/mol. The fraction of sp³-hybridized carbons (Fsp3) is 0.333. The van der Waals surface area contributed by atoms with Gasteiger partial charge in [-0.3, -0.25) is 4.79 Å². The van der Waals surface area contributed by atoms with Gasteiger partial charge in [-0.25, -0.2) is 4.98 Å². The quantitative estimate of drug-likeness (QED) is 0.657. The van der Waals surface area contributed by atoms with Crippen molar-refractivity contribution in [2.45, 2.75) is 6.54 Å². The molecule has 0 unspecified atom stereocenters. The van der Waals surface area contributed by atoms with Crippen molar-refractivity contribution in [3.05, 3.63) is 16.6 Å². The molecule has 0 saturated carbocycles. The molecular formula is C6H9N3OS. The Balaban J connectivity index is 2.29. The van der Waals surface area contributed by atoms with Crippen LogP contribution in [0.1, 0.15) is 5.69 Å². The molecule has 0 spiro atoms. The Morgan fingerprint density at radius 3 is 3.18 bits per heavy atom. The molecule has 0 aliphatic heterocycles. The topological polar surface area (TPSA) is 68.0 Å². The maximum Gasteiger partial charge on any atom is 0.234 e. The minimum Gasteiger partial charge on any atom is -0.349 e. The van der Waals surface area contributed by atoms with Crippen molar-refractivity contribution in [1.82, 2.24) is 10.3 Å². The number of nitrogens with zero attached hydrogens (tertiary/aromatic N) is 1. The van der Waals surface area contributed by atoms with E-state index < -0.39 is 0 Å². The summed E-state index contributed by atoms with van der Waals surface area (Å²) in [6.45, 7) is 0.504. The van der Waals surface area contributed by atoms with E-state index in [0.717, 1.165) is 5.69 Å². The summed E-state index contributed by atoms with van der Waals surface area (Å²) < 4.78 is 0. The second kappa shape index (κ2) is 4.05. The summed E-state index contributed by atoms with van der Waals surface area (Å²) in [5, 5.41) is 4.50. The normalized spacial score (nSPS) is 9.55. The molecule has 0 radical (unpaired) electrons. The van der Waals surface area contributed by atoms with E-state index >= 15 is 0 Å². The van der Waals surface area contributed by atoms with Crippen LogP contribution in [-0.2, 0) is 11.3 Å². The fourth-order valence-corrected chi connectivity index (χ4v) is 1.14. The number of nitrogens with one attached hydrogen (secondary N) is 1. The van der Waals surface area contributed by atoms with Gasteiger partial charge in [-0.15, -0.1) is 11.3 Å². The van der Waals surface area contributed by atoms with E-state index in [2.05, 4.69) is 10.3 Å². The summed E-state index contributed by atoms with van der Waals surface area (Å²) in [7, 11) is 0. The van der Waals surface area contributed by atoms with Crippen LogP contribution in [0.15, 0.2) is 10.9 Å². The minimum absolute atomic E-state index is 0.0319. The SMILES string of the molecule is NCC(=O)NCc1cscn1. The zero-order valence-electron chi connectivity index (χ0n) is 5.91. The lowest BCUT2D eigenvalue weighted by Crippen LogP contribution is -2.29. The predicted octanol–water partition coefficient (Wildman–Crippen LogP) is -0.282. The molecule has 60 valence electrons. The highest BCUT2D eigenvalue weighted by atomic mass is 32.1. The zero-order chi connectivity index (χ0) is 8.10. The third-order valence-electron chi connectivity index (χ3n) is 1.14. The van der Waals surface area contributed by atoms with Crippen LogP contribution < -0.4 is 11.1 Å². The molecule has 0 saturated heterocycles. The first-order valence-corrected chi connectivity index (χ1v) is 4.11. The van der Waals surface area contributed by atoms with Crippen molar-refractivity contribution in [2.24, 2.45) is 5.73 Å². The van der Waals surface area contributed by atoms with E-state index in [1.807, 2.05) is 5.38 Å². The van der Waals surface area contributed by atoms with Crippen LogP contribution in [0.25, 0.3) is 0 Å². The van der Waals surface area contributed by atoms with Crippen molar-refractivity contribution < 1.29 is 4.79 Å². The highest BCUT2D eigenvalue weighted by Gasteiger charge is 1.97. The van der Waals surface area contributed by atoms with Gasteiger partial charge in [0.2, 0.25) is 5.91 Å². The monoisotopic (exact) mass is 171 g/mol. The molecule has 11 heavy (non-hydrogen) atoms. The van der Waals surface area contributed by atoms with Gasteiger partial charge in [-0.05, 0) is 0 Å². The summed E-state index contributed by atoms with van der Waals surface area (Å²) in [6, 6.07) is 0. The van der Waals surface area contributed by atoms with Gasteiger partial charge in [-0.1, -0.05) is 0 Å². The van der Waals surface area contributed by atoms with Crippen molar-refractivity contribution in [1.29, 1.82) is 0 Å². The van der Waals surface area contributed by atoms with E-state index in [9.17, 15) is 4.79 Å². The van der Waals surface area contributed by atoms with E-state index in [1.165, 1.54) is 11.3 Å². The average Bonchev–Trinajstić information content (AvgIpc) is 2.52. The molecule has 1 amide bonds. The summed E-state index contributed by atoms with van der Waals surface area (Å²) in [6.07, 6.45) is 0. The van der Waals surface area contributed by atoms with Crippen molar-refractivity contribution in [2.75, 3.05) is 6.54 Å². The third kappa shape index (κ3) is 2.65. The maximum atomic E-state index is 10.6. The number of carbonyl (C=O) groups excluding carboxylic acids is 1. The first-order chi connectivity index (χ1) is 5.33. The van der Waals surface area contributed by atoms with Gasteiger partial charge in [0.15, 0.2) is 0 Å². The Morgan fingerprint density at radius 2 is 2.64 bits per heavy atom.